The predicted octanol–water partition coefficient (Wildman–Crippen LogP) is 1.73. The fraction of sp³-hybridized carbons (Fsp3) is 0.400. The van der Waals surface area contributed by atoms with E-state index < -0.39 is 0 Å². The zero-order valence-electron chi connectivity index (χ0n) is 8.74. The van der Waals surface area contributed by atoms with Gasteiger partial charge < -0.3 is 9.64 Å². The third-order valence-electron chi connectivity index (χ3n) is 2.02. The summed E-state index contributed by atoms with van der Waals surface area (Å²) in [6.45, 7) is 2.81. The highest BCUT2D eigenvalue weighted by atomic mass is 35.5. The Bertz CT molecular complexity index is 344. The average molecular weight is 229 g/mol. The van der Waals surface area contributed by atoms with Gasteiger partial charge in [0.1, 0.15) is 6.54 Å². The van der Waals surface area contributed by atoms with Crippen molar-refractivity contribution in [2.24, 2.45) is 0 Å². The van der Waals surface area contributed by atoms with Crippen molar-refractivity contribution in [3.05, 3.63) is 23.5 Å². The number of hydrogen-bond acceptors (Lipinski definition) is 4. The molecular weight excluding hydrogens is 216 g/mol. The van der Waals surface area contributed by atoms with Gasteiger partial charge in [0.15, 0.2) is 0 Å². The van der Waals surface area contributed by atoms with E-state index in [0.717, 1.165) is 5.69 Å². The third-order valence-corrected chi connectivity index (χ3v) is 2.31. The Morgan fingerprint density at radius 1 is 1.67 bits per heavy atom. The van der Waals surface area contributed by atoms with Crippen LogP contribution >= 0.6 is 11.6 Å². The van der Waals surface area contributed by atoms with Crippen LogP contribution < -0.4 is 4.90 Å². The van der Waals surface area contributed by atoms with E-state index in [-0.39, 0.29) is 12.5 Å². The Balaban J connectivity index is 2.83. The van der Waals surface area contributed by atoms with Crippen LogP contribution in [0.15, 0.2) is 18.5 Å². The van der Waals surface area contributed by atoms with E-state index >= 15 is 0 Å². The van der Waals surface area contributed by atoms with Crippen LogP contribution in [0, 0.1) is 0 Å². The van der Waals surface area contributed by atoms with Crippen molar-refractivity contribution >= 4 is 23.3 Å². The van der Waals surface area contributed by atoms with Crippen LogP contribution in [-0.4, -0.2) is 31.2 Å². The fourth-order valence-corrected chi connectivity index (χ4v) is 1.45. The van der Waals surface area contributed by atoms with Gasteiger partial charge in [-0.3, -0.25) is 9.78 Å². The molecule has 0 fully saturated rings. The number of hydrogen-bond donors (Lipinski definition) is 0. The molecule has 0 N–H and O–H groups in total. The van der Waals surface area contributed by atoms with Gasteiger partial charge in [0.2, 0.25) is 0 Å². The summed E-state index contributed by atoms with van der Waals surface area (Å²) in [6.07, 6.45) is 3.19. The number of anilines is 1. The summed E-state index contributed by atoms with van der Waals surface area (Å²) in [7, 11) is 1.37. The summed E-state index contributed by atoms with van der Waals surface area (Å²) in [5, 5.41) is 0.531. The largest absolute Gasteiger partial charge is 0.468 e. The normalized spacial score (nSPS) is 9.80. The lowest BCUT2D eigenvalue weighted by atomic mass is 10.3. The molecule has 0 aliphatic heterocycles. The summed E-state index contributed by atoms with van der Waals surface area (Å²) < 4.78 is 4.60. The number of pyridine rings is 1. The van der Waals surface area contributed by atoms with E-state index in [4.69, 9.17) is 11.6 Å². The number of halogens is 1. The minimum atomic E-state index is -0.287. The summed E-state index contributed by atoms with van der Waals surface area (Å²) in [6, 6.07) is 1.77. The van der Waals surface area contributed by atoms with E-state index in [9.17, 15) is 4.79 Å². The first-order valence-corrected chi connectivity index (χ1v) is 4.98. The van der Waals surface area contributed by atoms with Gasteiger partial charge in [0.05, 0.1) is 17.8 Å². The lowest BCUT2D eigenvalue weighted by Gasteiger charge is -2.22. The van der Waals surface area contributed by atoms with E-state index in [1.54, 1.807) is 18.5 Å². The second-order valence-electron chi connectivity index (χ2n) is 2.92. The zero-order valence-corrected chi connectivity index (χ0v) is 9.49. The Kier molecular flexibility index (Phi) is 4.37. The minimum absolute atomic E-state index is 0.191. The smallest absolute Gasteiger partial charge is 0.325 e. The maximum absolute atomic E-state index is 11.1. The summed E-state index contributed by atoms with van der Waals surface area (Å²) >= 11 is 5.97. The number of carbonyl (C=O) groups excluding carboxylic acids is 1. The molecular formula is C10H13ClN2O2. The van der Waals surface area contributed by atoms with Gasteiger partial charge in [-0.05, 0) is 13.0 Å². The highest BCUT2D eigenvalue weighted by molar-refractivity contribution is 6.33. The molecule has 0 atom stereocenters. The van der Waals surface area contributed by atoms with Gasteiger partial charge in [0, 0.05) is 18.9 Å². The topological polar surface area (TPSA) is 42.4 Å². The molecule has 5 heteroatoms. The molecule has 0 spiro atoms. The summed E-state index contributed by atoms with van der Waals surface area (Å²) in [4.78, 5) is 16.9. The molecule has 0 saturated heterocycles. The Morgan fingerprint density at radius 2 is 2.40 bits per heavy atom. The number of carbonyl (C=O) groups is 1. The van der Waals surface area contributed by atoms with E-state index in [2.05, 4.69) is 9.72 Å². The van der Waals surface area contributed by atoms with Crippen molar-refractivity contribution in [3.63, 3.8) is 0 Å². The van der Waals surface area contributed by atoms with Crippen LogP contribution in [0.1, 0.15) is 6.92 Å². The monoisotopic (exact) mass is 228 g/mol. The number of esters is 1. The van der Waals surface area contributed by atoms with Gasteiger partial charge >= 0.3 is 5.97 Å². The fourth-order valence-electron chi connectivity index (χ4n) is 1.21. The van der Waals surface area contributed by atoms with Gasteiger partial charge in [-0.1, -0.05) is 11.6 Å². The number of rotatable bonds is 4. The molecule has 0 bridgehead atoms. The molecule has 0 unspecified atom stereocenters. The first-order valence-electron chi connectivity index (χ1n) is 4.60. The quantitative estimate of drug-likeness (QED) is 0.737. The summed E-state index contributed by atoms with van der Waals surface area (Å²) in [5.74, 6) is -0.287. The number of aromatic nitrogens is 1. The van der Waals surface area contributed by atoms with Crippen molar-refractivity contribution in [3.8, 4) is 0 Å². The number of likely N-dealkylation sites (N-methyl/N-ethyl adjacent to an activating group) is 1. The molecule has 15 heavy (non-hydrogen) atoms. The maximum Gasteiger partial charge on any atom is 0.325 e. The molecule has 0 amide bonds. The van der Waals surface area contributed by atoms with Gasteiger partial charge in [-0.25, -0.2) is 0 Å². The molecule has 82 valence electrons. The number of nitrogens with zero attached hydrogens (tertiary/aromatic N) is 2. The highest BCUT2D eigenvalue weighted by Crippen LogP contribution is 2.23. The van der Waals surface area contributed by atoms with Gasteiger partial charge in [-0.2, -0.15) is 0 Å². The number of ether oxygens (including phenoxy) is 1. The molecule has 0 radical (unpaired) electrons. The maximum atomic E-state index is 11.1. The minimum Gasteiger partial charge on any atom is -0.468 e. The third kappa shape index (κ3) is 3.09. The first-order chi connectivity index (χ1) is 7.19. The van der Waals surface area contributed by atoms with Crippen LogP contribution in [0.2, 0.25) is 5.02 Å². The van der Waals surface area contributed by atoms with E-state index in [1.807, 2.05) is 11.8 Å². The summed E-state index contributed by atoms with van der Waals surface area (Å²) in [5.41, 5.74) is 0.791. The van der Waals surface area contributed by atoms with Crippen LogP contribution in [0.25, 0.3) is 0 Å². The molecule has 1 rings (SSSR count). The lowest BCUT2D eigenvalue weighted by Crippen LogP contribution is -2.30. The van der Waals surface area contributed by atoms with Crippen LogP contribution in [0.4, 0.5) is 5.69 Å². The van der Waals surface area contributed by atoms with Crippen molar-refractivity contribution in [2.45, 2.75) is 6.92 Å². The highest BCUT2D eigenvalue weighted by Gasteiger charge is 2.12. The van der Waals surface area contributed by atoms with Gasteiger partial charge in [-0.15, -0.1) is 0 Å². The van der Waals surface area contributed by atoms with E-state index in [0.29, 0.717) is 11.6 Å². The van der Waals surface area contributed by atoms with Crippen LogP contribution in [-0.2, 0) is 9.53 Å². The lowest BCUT2D eigenvalue weighted by molar-refractivity contribution is -0.138. The van der Waals surface area contributed by atoms with Crippen LogP contribution in [0.5, 0.6) is 0 Å². The molecule has 0 saturated carbocycles. The van der Waals surface area contributed by atoms with Crippen molar-refractivity contribution in [1.29, 1.82) is 0 Å². The molecule has 1 aromatic heterocycles. The van der Waals surface area contributed by atoms with Crippen molar-refractivity contribution < 1.29 is 9.53 Å². The van der Waals surface area contributed by atoms with Crippen molar-refractivity contribution in [2.75, 3.05) is 25.1 Å². The SMILES string of the molecule is CCN(CC(=O)OC)c1ccncc1Cl. The molecule has 0 aliphatic rings. The second kappa shape index (κ2) is 5.56. The Hall–Kier alpha value is -1.29. The second-order valence-corrected chi connectivity index (χ2v) is 3.32. The molecule has 1 aromatic rings. The van der Waals surface area contributed by atoms with E-state index in [1.165, 1.54) is 7.11 Å². The van der Waals surface area contributed by atoms with Crippen molar-refractivity contribution in [1.82, 2.24) is 4.98 Å². The molecule has 0 aliphatic carbocycles. The standard InChI is InChI=1S/C10H13ClN2O2/c1-3-13(7-10(14)15-2)9-4-5-12-6-8(9)11/h4-6H,3,7H2,1-2H3. The average Bonchev–Trinajstić information content (AvgIpc) is 2.26. The number of methoxy groups -OCH3 is 1. The molecule has 0 aromatic carbocycles. The predicted molar refractivity (Wildman–Crippen MR) is 59.2 cm³/mol. The Labute approximate surface area is 93.8 Å². The molecule has 4 nitrogen and oxygen atoms in total. The molecule has 1 heterocycles. The van der Waals surface area contributed by atoms with Gasteiger partial charge in [0.25, 0.3) is 0 Å². The zero-order chi connectivity index (χ0) is 11.3. The Morgan fingerprint density at radius 3 is 2.93 bits per heavy atom. The first kappa shape index (κ1) is 11.8. The van der Waals surface area contributed by atoms with Crippen LogP contribution in [0.3, 0.4) is 0 Å².